The van der Waals surface area contributed by atoms with E-state index in [9.17, 15) is 13.2 Å². The van der Waals surface area contributed by atoms with Crippen LogP contribution in [0.2, 0.25) is 0 Å². The molecule has 1 amide bonds. The van der Waals surface area contributed by atoms with Crippen LogP contribution in [-0.2, 0) is 28.6 Å². The van der Waals surface area contributed by atoms with E-state index in [2.05, 4.69) is 10.4 Å². The molecule has 2 aliphatic rings. The standard InChI is InChI=1S/C20H27N5O4S/c1-23-12-15-13-25(30(27,28)24-10-6-3-7-11-24)14-16(19(15)22-23)20(26)21-17-8-4-5-9-18(17)29-2/h4-5,8-9,12,16H,3,6-7,10-11,13-14H2,1-2H3,(H,21,26)/t16-/m0/s1. The van der Waals surface area contributed by atoms with Crippen LogP contribution >= 0.6 is 0 Å². The van der Waals surface area contributed by atoms with E-state index in [0.29, 0.717) is 30.2 Å². The molecule has 1 aromatic heterocycles. The van der Waals surface area contributed by atoms with Crippen molar-refractivity contribution < 1.29 is 17.9 Å². The first-order chi connectivity index (χ1) is 14.4. The third-order valence-corrected chi connectivity index (χ3v) is 7.60. The highest BCUT2D eigenvalue weighted by Gasteiger charge is 2.40. The Hall–Kier alpha value is -2.43. The summed E-state index contributed by atoms with van der Waals surface area (Å²) in [5.41, 5.74) is 1.91. The summed E-state index contributed by atoms with van der Waals surface area (Å²) in [7, 11) is -0.334. The molecule has 10 heteroatoms. The number of benzene rings is 1. The lowest BCUT2D eigenvalue weighted by Crippen LogP contribution is -2.49. The molecule has 0 spiro atoms. The molecule has 3 heterocycles. The minimum absolute atomic E-state index is 0.0594. The van der Waals surface area contributed by atoms with Crippen molar-refractivity contribution in [3.63, 3.8) is 0 Å². The number of aryl methyl sites for hydroxylation is 1. The lowest BCUT2D eigenvalue weighted by atomic mass is 9.97. The minimum atomic E-state index is -3.65. The number of ether oxygens (including phenoxy) is 1. The van der Waals surface area contributed by atoms with E-state index < -0.39 is 16.1 Å². The SMILES string of the molecule is COc1ccccc1NC(=O)[C@H]1CN(S(=O)(=O)N2CCCCC2)Cc2cn(C)nc21. The van der Waals surface area contributed by atoms with Gasteiger partial charge in [0.25, 0.3) is 10.2 Å². The van der Waals surface area contributed by atoms with Crippen LogP contribution in [0.1, 0.15) is 36.4 Å². The molecule has 162 valence electrons. The molecule has 0 saturated carbocycles. The molecule has 2 aliphatic heterocycles. The number of para-hydroxylation sites is 2. The Morgan fingerprint density at radius 3 is 2.63 bits per heavy atom. The Morgan fingerprint density at radius 1 is 1.17 bits per heavy atom. The van der Waals surface area contributed by atoms with Crippen LogP contribution in [0.3, 0.4) is 0 Å². The van der Waals surface area contributed by atoms with Gasteiger partial charge in [-0.05, 0) is 25.0 Å². The molecule has 0 bridgehead atoms. The molecule has 0 unspecified atom stereocenters. The van der Waals surface area contributed by atoms with Crippen molar-refractivity contribution in [3.8, 4) is 5.75 Å². The van der Waals surface area contributed by atoms with Crippen LogP contribution in [0.15, 0.2) is 30.5 Å². The number of anilines is 1. The fourth-order valence-corrected chi connectivity index (χ4v) is 5.81. The average molecular weight is 434 g/mol. The lowest BCUT2D eigenvalue weighted by molar-refractivity contribution is -0.118. The van der Waals surface area contributed by atoms with Crippen LogP contribution in [0.5, 0.6) is 5.75 Å². The van der Waals surface area contributed by atoms with Gasteiger partial charge in [0.2, 0.25) is 5.91 Å². The molecule has 1 N–H and O–H groups in total. The molecular weight excluding hydrogens is 406 g/mol. The molecular formula is C20H27N5O4S. The van der Waals surface area contributed by atoms with Gasteiger partial charge in [-0.2, -0.15) is 22.1 Å². The first-order valence-corrected chi connectivity index (χ1v) is 11.5. The van der Waals surface area contributed by atoms with Crippen LogP contribution in [0.25, 0.3) is 0 Å². The van der Waals surface area contributed by atoms with Gasteiger partial charge in [-0.1, -0.05) is 18.6 Å². The zero-order valence-corrected chi connectivity index (χ0v) is 18.1. The molecule has 1 aromatic carbocycles. The predicted octanol–water partition coefficient (Wildman–Crippen LogP) is 1.70. The smallest absolute Gasteiger partial charge is 0.282 e. The van der Waals surface area contributed by atoms with Gasteiger partial charge >= 0.3 is 0 Å². The first-order valence-electron chi connectivity index (χ1n) is 10.1. The van der Waals surface area contributed by atoms with Crippen LogP contribution in [0, 0.1) is 0 Å². The van der Waals surface area contributed by atoms with Crippen molar-refractivity contribution in [2.24, 2.45) is 7.05 Å². The van der Waals surface area contributed by atoms with E-state index in [1.165, 1.54) is 15.7 Å². The van der Waals surface area contributed by atoms with Gasteiger partial charge in [0.1, 0.15) is 5.75 Å². The number of fused-ring (bicyclic) bond motifs is 1. The van der Waals surface area contributed by atoms with Crippen molar-refractivity contribution in [3.05, 3.63) is 41.7 Å². The topological polar surface area (TPSA) is 96.8 Å². The quantitative estimate of drug-likeness (QED) is 0.774. The maximum atomic E-state index is 13.3. The summed E-state index contributed by atoms with van der Waals surface area (Å²) in [5, 5.41) is 7.34. The molecule has 2 aromatic rings. The van der Waals surface area contributed by atoms with Crippen LogP contribution in [0.4, 0.5) is 5.69 Å². The third kappa shape index (κ3) is 3.94. The summed E-state index contributed by atoms with van der Waals surface area (Å²) >= 11 is 0. The van der Waals surface area contributed by atoms with Crippen molar-refractivity contribution in [1.29, 1.82) is 0 Å². The number of rotatable bonds is 5. The zero-order valence-electron chi connectivity index (χ0n) is 17.2. The second kappa shape index (κ2) is 8.37. The van der Waals surface area contributed by atoms with E-state index in [1.54, 1.807) is 36.1 Å². The first kappa shape index (κ1) is 20.8. The van der Waals surface area contributed by atoms with Gasteiger partial charge in [-0.15, -0.1) is 0 Å². The summed E-state index contributed by atoms with van der Waals surface area (Å²) in [6, 6.07) is 7.13. The van der Waals surface area contributed by atoms with E-state index in [4.69, 9.17) is 4.74 Å². The van der Waals surface area contributed by atoms with Crippen LogP contribution in [-0.4, -0.2) is 59.5 Å². The average Bonchev–Trinajstić information content (AvgIpc) is 3.14. The number of carbonyl (C=O) groups excluding carboxylic acids is 1. The molecule has 30 heavy (non-hydrogen) atoms. The van der Waals surface area contributed by atoms with E-state index in [0.717, 1.165) is 24.8 Å². The number of hydrogen-bond donors (Lipinski definition) is 1. The molecule has 9 nitrogen and oxygen atoms in total. The van der Waals surface area contributed by atoms with Gasteiger partial charge in [0.15, 0.2) is 0 Å². The van der Waals surface area contributed by atoms with E-state index in [1.807, 2.05) is 6.07 Å². The molecule has 1 atom stereocenters. The highest BCUT2D eigenvalue weighted by Crippen LogP contribution is 2.32. The van der Waals surface area contributed by atoms with E-state index in [-0.39, 0.29) is 19.0 Å². The number of hydrogen-bond acceptors (Lipinski definition) is 5. The highest BCUT2D eigenvalue weighted by molar-refractivity contribution is 7.86. The van der Waals surface area contributed by atoms with Gasteiger partial charge in [0, 0.05) is 45.0 Å². The fourth-order valence-electron chi connectivity index (χ4n) is 4.12. The maximum absolute atomic E-state index is 13.3. The van der Waals surface area contributed by atoms with Gasteiger partial charge in [0.05, 0.1) is 24.4 Å². The summed E-state index contributed by atoms with van der Waals surface area (Å²) in [5.74, 6) is -0.474. The fraction of sp³-hybridized carbons (Fsp3) is 0.500. The van der Waals surface area contributed by atoms with Gasteiger partial charge < -0.3 is 10.1 Å². The summed E-state index contributed by atoms with van der Waals surface area (Å²) in [6.45, 7) is 1.33. The number of amides is 1. The number of carbonyl (C=O) groups is 1. The molecule has 1 saturated heterocycles. The second-order valence-electron chi connectivity index (χ2n) is 7.72. The predicted molar refractivity (Wildman–Crippen MR) is 112 cm³/mol. The Morgan fingerprint density at radius 2 is 1.90 bits per heavy atom. The number of aromatic nitrogens is 2. The summed E-state index contributed by atoms with van der Waals surface area (Å²) in [4.78, 5) is 13.2. The monoisotopic (exact) mass is 433 g/mol. The van der Waals surface area contributed by atoms with Crippen molar-refractivity contribution in [2.45, 2.75) is 31.7 Å². The van der Waals surface area contributed by atoms with Gasteiger partial charge in [-0.3, -0.25) is 9.48 Å². The van der Waals surface area contributed by atoms with Crippen LogP contribution < -0.4 is 10.1 Å². The largest absolute Gasteiger partial charge is 0.495 e. The molecule has 0 radical (unpaired) electrons. The normalized spacial score (nSPS) is 20.5. The number of piperidine rings is 1. The highest BCUT2D eigenvalue weighted by atomic mass is 32.2. The molecule has 4 rings (SSSR count). The summed E-state index contributed by atoms with van der Waals surface area (Å²) in [6.07, 6.45) is 4.56. The number of nitrogens with one attached hydrogen (secondary N) is 1. The summed E-state index contributed by atoms with van der Waals surface area (Å²) < 4.78 is 36.4. The van der Waals surface area contributed by atoms with Gasteiger partial charge in [-0.25, -0.2) is 0 Å². The molecule has 1 fully saturated rings. The van der Waals surface area contributed by atoms with E-state index >= 15 is 0 Å². The number of methoxy groups -OCH3 is 1. The Kier molecular flexibility index (Phi) is 5.81. The second-order valence-corrected chi connectivity index (χ2v) is 9.64. The Balaban J connectivity index is 1.62. The third-order valence-electron chi connectivity index (χ3n) is 5.65. The maximum Gasteiger partial charge on any atom is 0.282 e. The Bertz CT molecular complexity index is 1030. The Labute approximate surface area is 176 Å². The zero-order chi connectivity index (χ0) is 21.3. The van der Waals surface area contributed by atoms with Crippen molar-refractivity contribution in [1.82, 2.24) is 18.4 Å². The van der Waals surface area contributed by atoms with Crippen molar-refractivity contribution >= 4 is 21.8 Å². The minimum Gasteiger partial charge on any atom is -0.495 e. The lowest BCUT2D eigenvalue weighted by Gasteiger charge is -2.35. The van der Waals surface area contributed by atoms with Crippen molar-refractivity contribution in [2.75, 3.05) is 32.1 Å². The molecule has 0 aliphatic carbocycles. The number of nitrogens with zero attached hydrogens (tertiary/aromatic N) is 4.